The minimum absolute atomic E-state index is 0.0221. The highest BCUT2D eigenvalue weighted by molar-refractivity contribution is 6.92. The van der Waals surface area contributed by atoms with E-state index in [1.54, 1.807) is 0 Å². The van der Waals surface area contributed by atoms with E-state index in [1.807, 2.05) is 34.6 Å². The fourth-order valence-electron chi connectivity index (χ4n) is 9.74. The normalized spacial score (nSPS) is 16.6. The number of alkyl carbamates (subject to hydrolysis) is 1. The van der Waals surface area contributed by atoms with Gasteiger partial charge in [-0.25, -0.2) is 4.79 Å². The molecule has 75 heavy (non-hydrogen) atoms. The summed E-state index contributed by atoms with van der Waals surface area (Å²) in [5.41, 5.74) is 0. The lowest BCUT2D eigenvalue weighted by Gasteiger charge is -2.46. The van der Waals surface area contributed by atoms with Crippen molar-refractivity contribution in [3.05, 3.63) is 0 Å². The zero-order valence-corrected chi connectivity index (χ0v) is 62.0. The third kappa shape index (κ3) is 36.9. The van der Waals surface area contributed by atoms with E-state index in [1.165, 1.54) is 6.04 Å². The topological polar surface area (TPSA) is 179 Å². The number of ether oxygens (including phenoxy) is 3. The van der Waals surface area contributed by atoms with Crippen molar-refractivity contribution in [2.45, 2.75) is 227 Å². The molecule has 1 amide bonds. The van der Waals surface area contributed by atoms with Crippen molar-refractivity contribution in [2.24, 2.45) is 0 Å². The van der Waals surface area contributed by atoms with Crippen LogP contribution < -0.4 is 5.32 Å². The molecule has 0 saturated heterocycles. The van der Waals surface area contributed by atoms with Gasteiger partial charge in [0.1, 0.15) is 6.61 Å². The summed E-state index contributed by atoms with van der Waals surface area (Å²) >= 11 is 0. The van der Waals surface area contributed by atoms with Crippen molar-refractivity contribution >= 4 is 91.0 Å². The number of aliphatic hydroxyl groups is 1. The van der Waals surface area contributed by atoms with Crippen LogP contribution in [0.15, 0.2) is 0 Å². The lowest BCUT2D eigenvalue weighted by atomic mass is 10.5. The first-order valence-corrected chi connectivity index (χ1v) is 56.4. The molecular weight excluding hydrogens is 1130 g/mol. The third-order valence-corrected chi connectivity index (χ3v) is 48.3. The second-order valence-corrected chi connectivity index (χ2v) is 62.8. The molecule has 0 aromatic rings. The van der Waals surface area contributed by atoms with E-state index in [4.69, 9.17) is 61.0 Å². The van der Waals surface area contributed by atoms with Crippen LogP contribution in [0.2, 0.25) is 147 Å². The summed E-state index contributed by atoms with van der Waals surface area (Å²) in [5.74, 6) is 0. The van der Waals surface area contributed by atoms with Crippen LogP contribution in [-0.4, -0.2) is 175 Å². The van der Waals surface area contributed by atoms with Gasteiger partial charge in [-0.15, -0.1) is 0 Å². The van der Waals surface area contributed by atoms with E-state index < -0.39 is 91.0 Å². The fraction of sp³-hybridized carbons (Fsp3) is 0.979. The van der Waals surface area contributed by atoms with Crippen molar-refractivity contribution in [3.63, 3.8) is 0 Å². The SMILES string of the molecule is CCC[Si](CCCNC(=O)OCCOCCC[Si](C)(O[Si](C)(C)O[Si](C)(CCCOCCO)O[Si](C)(CCC[Si](C)(C)C)O[Si](C)(C)C)O[Si](C)(CCC[Si](OCC)(OCC)OCC)O[Si](C)(C)C)(OCC)OCC. The maximum atomic E-state index is 12.7. The van der Waals surface area contributed by atoms with Crippen LogP contribution in [0.25, 0.3) is 0 Å². The van der Waals surface area contributed by atoms with Crippen LogP contribution in [0.3, 0.4) is 0 Å². The van der Waals surface area contributed by atoms with Gasteiger partial charge in [-0.05, 0) is 175 Å². The van der Waals surface area contributed by atoms with Crippen molar-refractivity contribution in [3.8, 4) is 0 Å². The lowest BCUT2D eigenvalue weighted by Crippen LogP contribution is -2.63. The smallest absolute Gasteiger partial charge is 0.447 e. The van der Waals surface area contributed by atoms with Gasteiger partial charge in [0.05, 0.1) is 19.8 Å². The van der Waals surface area contributed by atoms with E-state index in [-0.39, 0.29) is 19.8 Å². The van der Waals surface area contributed by atoms with Crippen molar-refractivity contribution < 1.29 is 70.9 Å². The Balaban J connectivity index is 6.75. The predicted molar refractivity (Wildman–Crippen MR) is 330 cm³/mol. The molecule has 0 aliphatic rings. The Morgan fingerprint density at radius 2 is 0.827 bits per heavy atom. The number of nitrogens with one attached hydrogen (secondary N) is 1. The van der Waals surface area contributed by atoms with E-state index in [0.717, 1.165) is 50.2 Å². The molecule has 0 radical (unpaired) electrons. The van der Waals surface area contributed by atoms with E-state index in [2.05, 4.69) is 110 Å². The molecule has 0 bridgehead atoms. The Bertz CT molecular complexity index is 1470. The molecule has 4 unspecified atom stereocenters. The minimum Gasteiger partial charge on any atom is -0.447 e. The van der Waals surface area contributed by atoms with Gasteiger partial charge in [0, 0.05) is 66.9 Å². The summed E-state index contributed by atoms with van der Waals surface area (Å²) < 4.78 is 92.9. The molecule has 0 rings (SSSR count). The fourth-order valence-corrected chi connectivity index (χ4v) is 52.9. The summed E-state index contributed by atoms with van der Waals surface area (Å²) in [7, 11) is -25.6. The van der Waals surface area contributed by atoms with Gasteiger partial charge in [-0.1, -0.05) is 45.5 Å². The van der Waals surface area contributed by atoms with Crippen LogP contribution in [0, 0.1) is 0 Å². The number of hydrogen-bond acceptors (Lipinski definition) is 16. The molecule has 2 N–H and O–H groups in total. The first-order chi connectivity index (χ1) is 34.7. The molecule has 0 fully saturated rings. The van der Waals surface area contributed by atoms with Gasteiger partial charge in [0.2, 0.25) is 0 Å². The molecule has 0 aliphatic heterocycles. The Morgan fingerprint density at radius 3 is 1.23 bits per heavy atom. The highest BCUT2D eigenvalue weighted by Gasteiger charge is 2.53. The second-order valence-electron chi connectivity index (χ2n) is 23.9. The number of hydrogen-bond donors (Lipinski definition) is 2. The van der Waals surface area contributed by atoms with Gasteiger partial charge in [0.15, 0.2) is 16.6 Å². The van der Waals surface area contributed by atoms with Crippen molar-refractivity contribution in [1.29, 1.82) is 0 Å². The number of aliphatic hydroxyl groups excluding tert-OH is 1. The number of carbonyl (C=O) groups is 1. The molecule has 0 aromatic carbocycles. The van der Waals surface area contributed by atoms with Crippen molar-refractivity contribution in [1.82, 2.24) is 5.32 Å². The summed E-state index contributed by atoms with van der Waals surface area (Å²) in [6, 6.07) is 6.56. The Labute approximate surface area is 470 Å². The maximum absolute atomic E-state index is 12.7. The standard InChI is InChI=1S/C48H117NO16Si10/c1-22-40-74(55-23-2,56-24-3)46-28-33-49-48(51)54-39-38-53-36-30-43-73(21,65-71(19,61-68(13,14)15)45-32-47-75(57-25-4,58-26-5)59-27-6)63-69(16,17)62-72(20,42-29-35-52-37-34-50)64-70(18,60-67(10,11)12)44-31-41-66(7,8)9/h50H,22-47H2,1-21H3,(H,49,51). The van der Waals surface area contributed by atoms with Gasteiger partial charge in [-0.2, -0.15) is 0 Å². The number of amides is 1. The van der Waals surface area contributed by atoms with E-state index in [0.29, 0.717) is 90.0 Å². The molecule has 0 saturated carbocycles. The van der Waals surface area contributed by atoms with Gasteiger partial charge < -0.3 is 71.5 Å². The average molecular weight is 1250 g/mol. The highest BCUT2D eigenvalue weighted by atomic mass is 28.5. The molecular formula is C48H117NO16Si10. The quantitative estimate of drug-likeness (QED) is 0.0434. The van der Waals surface area contributed by atoms with E-state index in [9.17, 15) is 9.90 Å². The van der Waals surface area contributed by atoms with Crippen LogP contribution in [0.4, 0.5) is 4.79 Å². The number of rotatable bonds is 49. The molecule has 4 atom stereocenters. The minimum atomic E-state index is -3.16. The molecule has 450 valence electrons. The summed E-state index contributed by atoms with van der Waals surface area (Å²) in [6.45, 7) is 50.7. The molecule has 0 heterocycles. The molecule has 0 aromatic heterocycles. The largest absolute Gasteiger partial charge is 0.500 e. The predicted octanol–water partition coefficient (Wildman–Crippen LogP) is 12.8. The zero-order chi connectivity index (χ0) is 57.6. The maximum Gasteiger partial charge on any atom is 0.500 e. The first kappa shape index (κ1) is 75.9. The van der Waals surface area contributed by atoms with Crippen LogP contribution in [0.5, 0.6) is 0 Å². The van der Waals surface area contributed by atoms with Crippen LogP contribution >= 0.6 is 0 Å². The molecule has 17 nitrogen and oxygen atoms in total. The van der Waals surface area contributed by atoms with Gasteiger partial charge in [0.25, 0.3) is 0 Å². The monoisotopic (exact) mass is 1240 g/mol. The van der Waals surface area contributed by atoms with E-state index >= 15 is 0 Å². The highest BCUT2D eigenvalue weighted by Crippen LogP contribution is 2.36. The third-order valence-electron chi connectivity index (χ3n) is 11.6. The van der Waals surface area contributed by atoms with Crippen LogP contribution in [0.1, 0.15) is 80.1 Å². The van der Waals surface area contributed by atoms with Crippen LogP contribution in [-0.2, 0) is 61.0 Å². The average Bonchev–Trinajstić information content (AvgIpc) is 3.22. The second kappa shape index (κ2) is 37.2. The number of carbonyl (C=O) groups excluding carboxylic acids is 1. The summed E-state index contributed by atoms with van der Waals surface area (Å²) in [5, 5.41) is 12.3. The Kier molecular flexibility index (Phi) is 37.6. The lowest BCUT2D eigenvalue weighted by molar-refractivity contribution is 0.0710. The Hall–Kier alpha value is 0.879. The molecule has 27 heteroatoms. The van der Waals surface area contributed by atoms with Crippen molar-refractivity contribution in [2.75, 3.05) is 79.2 Å². The van der Waals surface area contributed by atoms with Gasteiger partial charge >= 0.3 is 66.3 Å². The Morgan fingerprint density at radius 1 is 0.413 bits per heavy atom. The first-order valence-electron chi connectivity index (χ1n) is 28.8. The zero-order valence-electron chi connectivity index (χ0n) is 52.0. The van der Waals surface area contributed by atoms with Gasteiger partial charge in [-0.3, -0.25) is 0 Å². The summed E-state index contributed by atoms with van der Waals surface area (Å²) in [6.07, 6.45) is 4.52. The molecule has 0 aliphatic carbocycles. The summed E-state index contributed by atoms with van der Waals surface area (Å²) in [4.78, 5) is 12.7. The molecule has 0 spiro atoms.